The highest BCUT2D eigenvalue weighted by atomic mass is 16.5. The highest BCUT2D eigenvalue weighted by molar-refractivity contribution is 5.97. The van der Waals surface area contributed by atoms with Gasteiger partial charge in [0.15, 0.2) is 0 Å². The zero-order chi connectivity index (χ0) is 14.5. The van der Waals surface area contributed by atoms with Crippen LogP contribution in [-0.4, -0.2) is 49.1 Å². The Kier molecular flexibility index (Phi) is 4.70. The van der Waals surface area contributed by atoms with Gasteiger partial charge in [0.05, 0.1) is 13.2 Å². The van der Waals surface area contributed by atoms with Gasteiger partial charge in [-0.1, -0.05) is 12.1 Å². The molecule has 2 rings (SSSR count). The van der Waals surface area contributed by atoms with Gasteiger partial charge in [-0.2, -0.15) is 0 Å². The summed E-state index contributed by atoms with van der Waals surface area (Å²) < 4.78 is 5.21. The molecule has 0 saturated carbocycles. The fraction of sp³-hybridized carbons (Fsp3) is 0.429. The third kappa shape index (κ3) is 3.15. The average Bonchev–Trinajstić information content (AvgIpc) is 2.47. The van der Waals surface area contributed by atoms with Crippen LogP contribution in [0, 0.1) is 0 Å². The van der Waals surface area contributed by atoms with Gasteiger partial charge >= 0.3 is 0 Å². The number of ether oxygens (including phenoxy) is 1. The molecule has 1 saturated heterocycles. The number of nitrogens with zero attached hydrogens (tertiary/aromatic N) is 1. The second-order valence-corrected chi connectivity index (χ2v) is 4.73. The van der Waals surface area contributed by atoms with Gasteiger partial charge in [-0.3, -0.25) is 9.59 Å². The summed E-state index contributed by atoms with van der Waals surface area (Å²) in [6.07, 6.45) is 0.712. The molecule has 1 atom stereocenters. The highest BCUT2D eigenvalue weighted by Gasteiger charge is 2.31. The number of carbonyl (C=O) groups excluding carboxylic acids is 2. The van der Waals surface area contributed by atoms with Gasteiger partial charge < -0.3 is 21.1 Å². The van der Waals surface area contributed by atoms with Crippen molar-refractivity contribution in [1.29, 1.82) is 0 Å². The first-order chi connectivity index (χ1) is 9.63. The molecule has 1 unspecified atom stereocenters. The van der Waals surface area contributed by atoms with Crippen LogP contribution in [0.4, 0.5) is 0 Å². The van der Waals surface area contributed by atoms with E-state index in [9.17, 15) is 9.59 Å². The van der Waals surface area contributed by atoms with E-state index < -0.39 is 11.9 Å². The van der Waals surface area contributed by atoms with E-state index in [2.05, 4.69) is 0 Å². The van der Waals surface area contributed by atoms with Crippen molar-refractivity contribution in [3.05, 3.63) is 35.4 Å². The maximum atomic E-state index is 12.5. The zero-order valence-corrected chi connectivity index (χ0v) is 11.2. The Morgan fingerprint density at radius 1 is 1.40 bits per heavy atom. The normalized spacial score (nSPS) is 18.9. The molecule has 0 aromatic heterocycles. The van der Waals surface area contributed by atoms with Crippen LogP contribution in [-0.2, 0) is 16.0 Å². The number of hydrogen-bond donors (Lipinski definition) is 2. The summed E-state index contributed by atoms with van der Waals surface area (Å²) in [5.41, 5.74) is 12.4. The van der Waals surface area contributed by atoms with Crippen LogP contribution < -0.4 is 11.5 Å². The van der Waals surface area contributed by atoms with Crippen molar-refractivity contribution in [3.63, 3.8) is 0 Å². The largest absolute Gasteiger partial charge is 0.377 e. The van der Waals surface area contributed by atoms with Crippen LogP contribution in [0.1, 0.15) is 15.9 Å². The van der Waals surface area contributed by atoms with E-state index >= 15 is 0 Å². The van der Waals surface area contributed by atoms with E-state index in [1.807, 2.05) is 18.2 Å². The molecule has 1 aromatic rings. The summed E-state index contributed by atoms with van der Waals surface area (Å²) in [5.74, 6) is -0.743. The van der Waals surface area contributed by atoms with Gasteiger partial charge in [-0.05, 0) is 30.7 Å². The number of hydrogen-bond acceptors (Lipinski definition) is 4. The Bertz CT molecular complexity index is 504. The van der Waals surface area contributed by atoms with Crippen LogP contribution in [0.5, 0.6) is 0 Å². The van der Waals surface area contributed by atoms with Crippen molar-refractivity contribution in [3.8, 4) is 0 Å². The molecule has 6 heteroatoms. The maximum absolute atomic E-state index is 12.5. The molecule has 20 heavy (non-hydrogen) atoms. The monoisotopic (exact) mass is 277 g/mol. The van der Waals surface area contributed by atoms with E-state index in [-0.39, 0.29) is 12.5 Å². The van der Waals surface area contributed by atoms with Crippen LogP contribution in [0.25, 0.3) is 0 Å². The smallest absolute Gasteiger partial charge is 0.254 e. The van der Waals surface area contributed by atoms with E-state index in [0.29, 0.717) is 31.7 Å². The molecule has 4 N–H and O–H groups in total. The summed E-state index contributed by atoms with van der Waals surface area (Å²) in [4.78, 5) is 25.4. The van der Waals surface area contributed by atoms with E-state index in [1.54, 1.807) is 6.07 Å². The zero-order valence-electron chi connectivity index (χ0n) is 11.2. The molecule has 0 radical (unpaired) electrons. The van der Waals surface area contributed by atoms with E-state index in [0.717, 1.165) is 5.56 Å². The standard InChI is InChI=1S/C14H19N3O3/c15-5-4-10-2-1-3-11(8-10)14(19)17-6-7-20-9-12(17)13(16)18/h1-3,8,12H,4-7,9,15H2,(H2,16,18). The minimum Gasteiger partial charge on any atom is -0.377 e. The van der Waals surface area contributed by atoms with E-state index in [4.69, 9.17) is 16.2 Å². The molecule has 1 heterocycles. The van der Waals surface area contributed by atoms with Gasteiger partial charge in [0.1, 0.15) is 6.04 Å². The summed E-state index contributed by atoms with van der Waals surface area (Å²) in [5, 5.41) is 0. The number of rotatable bonds is 4. The Labute approximate surface area is 117 Å². The molecule has 1 aliphatic heterocycles. The lowest BCUT2D eigenvalue weighted by Crippen LogP contribution is -2.54. The molecule has 108 valence electrons. The van der Waals surface area contributed by atoms with Crippen molar-refractivity contribution in [2.75, 3.05) is 26.3 Å². The third-order valence-electron chi connectivity index (χ3n) is 3.32. The van der Waals surface area contributed by atoms with Gasteiger partial charge in [0.2, 0.25) is 5.91 Å². The topological polar surface area (TPSA) is 98.7 Å². The molecule has 1 aromatic carbocycles. The predicted molar refractivity (Wildman–Crippen MR) is 74.0 cm³/mol. The quantitative estimate of drug-likeness (QED) is 0.776. The molecule has 2 amide bonds. The van der Waals surface area contributed by atoms with Gasteiger partial charge in [-0.15, -0.1) is 0 Å². The molecule has 6 nitrogen and oxygen atoms in total. The minimum absolute atomic E-state index is 0.156. The molecule has 0 bridgehead atoms. The first-order valence-corrected chi connectivity index (χ1v) is 6.60. The second-order valence-electron chi connectivity index (χ2n) is 4.73. The first kappa shape index (κ1) is 14.5. The summed E-state index contributed by atoms with van der Waals surface area (Å²) >= 11 is 0. The van der Waals surface area contributed by atoms with Gasteiger partial charge in [0, 0.05) is 12.1 Å². The highest BCUT2D eigenvalue weighted by Crippen LogP contribution is 2.14. The Hall–Kier alpha value is -1.92. The van der Waals surface area contributed by atoms with Crippen molar-refractivity contribution in [2.24, 2.45) is 11.5 Å². The molecule has 1 fully saturated rings. The number of morpholine rings is 1. The van der Waals surface area contributed by atoms with E-state index in [1.165, 1.54) is 4.90 Å². The SMILES string of the molecule is NCCc1cccc(C(=O)N2CCOCC2C(N)=O)c1. The lowest BCUT2D eigenvalue weighted by Gasteiger charge is -2.33. The average molecular weight is 277 g/mol. The van der Waals surface area contributed by atoms with Crippen molar-refractivity contribution in [1.82, 2.24) is 4.90 Å². The number of nitrogens with two attached hydrogens (primary N) is 2. The Balaban J connectivity index is 2.20. The molecule has 1 aliphatic rings. The van der Waals surface area contributed by atoms with Crippen LogP contribution in [0.3, 0.4) is 0 Å². The van der Waals surface area contributed by atoms with Crippen molar-refractivity contribution < 1.29 is 14.3 Å². The Morgan fingerprint density at radius 3 is 2.90 bits per heavy atom. The predicted octanol–water partition coefficient (Wildman–Crippen LogP) is -0.486. The summed E-state index contributed by atoms with van der Waals surface area (Å²) in [7, 11) is 0. The maximum Gasteiger partial charge on any atom is 0.254 e. The van der Waals surface area contributed by atoms with Crippen molar-refractivity contribution >= 4 is 11.8 Å². The fourth-order valence-corrected chi connectivity index (χ4v) is 2.27. The fourth-order valence-electron chi connectivity index (χ4n) is 2.27. The van der Waals surface area contributed by atoms with Gasteiger partial charge in [0.25, 0.3) is 5.91 Å². The lowest BCUT2D eigenvalue weighted by molar-refractivity contribution is -0.127. The molecular weight excluding hydrogens is 258 g/mol. The van der Waals surface area contributed by atoms with Gasteiger partial charge in [-0.25, -0.2) is 0 Å². The molecule has 0 aliphatic carbocycles. The summed E-state index contributed by atoms with van der Waals surface area (Å²) in [6.45, 7) is 1.47. The Morgan fingerprint density at radius 2 is 2.20 bits per heavy atom. The van der Waals surface area contributed by atoms with Crippen LogP contribution in [0.15, 0.2) is 24.3 Å². The van der Waals surface area contributed by atoms with Crippen LogP contribution in [0.2, 0.25) is 0 Å². The number of amides is 2. The molecular formula is C14H19N3O3. The number of benzene rings is 1. The minimum atomic E-state index is -0.700. The first-order valence-electron chi connectivity index (χ1n) is 6.60. The second kappa shape index (κ2) is 6.49. The van der Waals surface area contributed by atoms with Crippen LogP contribution >= 0.6 is 0 Å². The third-order valence-corrected chi connectivity index (χ3v) is 3.32. The summed E-state index contributed by atoms with van der Waals surface area (Å²) in [6, 6.07) is 6.58. The number of carbonyl (C=O) groups is 2. The number of primary amides is 1. The lowest BCUT2D eigenvalue weighted by atomic mass is 10.1. The van der Waals surface area contributed by atoms with Crippen molar-refractivity contribution in [2.45, 2.75) is 12.5 Å². The molecule has 0 spiro atoms.